The summed E-state index contributed by atoms with van der Waals surface area (Å²) in [5.41, 5.74) is 0.959. The first-order valence-electron chi connectivity index (χ1n) is 6.41. The van der Waals surface area contributed by atoms with Crippen LogP contribution in [0.4, 0.5) is 4.39 Å². The first kappa shape index (κ1) is 14.5. The highest BCUT2D eigenvalue weighted by Gasteiger charge is 2.12. The fourth-order valence-electron chi connectivity index (χ4n) is 2.10. The van der Waals surface area contributed by atoms with Gasteiger partial charge in [0.05, 0.1) is 5.02 Å². The molecule has 102 valence electrons. The molecule has 0 bridgehead atoms. The summed E-state index contributed by atoms with van der Waals surface area (Å²) < 4.78 is 13.5. The fraction of sp³-hybridized carbons (Fsp3) is 0.333. The molecule has 0 aliphatic carbocycles. The number of benzene rings is 1. The summed E-state index contributed by atoms with van der Waals surface area (Å²) in [6, 6.07) is 9.41. The van der Waals surface area contributed by atoms with Crippen molar-refractivity contribution in [1.82, 2.24) is 5.32 Å². The van der Waals surface area contributed by atoms with Gasteiger partial charge in [-0.25, -0.2) is 4.39 Å². The van der Waals surface area contributed by atoms with Gasteiger partial charge in [0.25, 0.3) is 0 Å². The minimum Gasteiger partial charge on any atom is -0.310 e. The van der Waals surface area contributed by atoms with Gasteiger partial charge >= 0.3 is 0 Å². The molecule has 0 aliphatic heterocycles. The zero-order valence-corrected chi connectivity index (χ0v) is 12.4. The van der Waals surface area contributed by atoms with Crippen LogP contribution in [0.3, 0.4) is 0 Å². The predicted molar refractivity (Wildman–Crippen MR) is 80.5 cm³/mol. The van der Waals surface area contributed by atoms with Crippen LogP contribution in [0.5, 0.6) is 0 Å². The number of halogens is 2. The van der Waals surface area contributed by atoms with Crippen LogP contribution in [0.15, 0.2) is 35.7 Å². The SMILES string of the molecule is CCNC(CCc1cccs1)c1ccc(Cl)c(F)c1. The van der Waals surface area contributed by atoms with E-state index >= 15 is 0 Å². The zero-order valence-electron chi connectivity index (χ0n) is 10.8. The second-order valence-corrected chi connectivity index (χ2v) is 5.84. The van der Waals surface area contributed by atoms with Gasteiger partial charge < -0.3 is 5.32 Å². The van der Waals surface area contributed by atoms with Crippen molar-refractivity contribution in [2.45, 2.75) is 25.8 Å². The molecule has 0 spiro atoms. The second kappa shape index (κ2) is 7.04. The van der Waals surface area contributed by atoms with Gasteiger partial charge in [-0.3, -0.25) is 0 Å². The van der Waals surface area contributed by atoms with Crippen molar-refractivity contribution >= 4 is 22.9 Å². The minimum absolute atomic E-state index is 0.166. The van der Waals surface area contributed by atoms with Crippen molar-refractivity contribution in [3.05, 3.63) is 57.0 Å². The molecule has 0 radical (unpaired) electrons. The third kappa shape index (κ3) is 4.03. The van der Waals surface area contributed by atoms with E-state index in [9.17, 15) is 4.39 Å². The van der Waals surface area contributed by atoms with Crippen LogP contribution in [0.2, 0.25) is 5.02 Å². The van der Waals surface area contributed by atoms with E-state index in [1.807, 2.05) is 6.07 Å². The zero-order chi connectivity index (χ0) is 13.7. The summed E-state index contributed by atoms with van der Waals surface area (Å²) in [5, 5.41) is 5.66. The molecule has 1 nitrogen and oxygen atoms in total. The molecule has 0 amide bonds. The van der Waals surface area contributed by atoms with Gasteiger partial charge in [-0.1, -0.05) is 30.7 Å². The predicted octanol–water partition coefficient (Wildman–Crippen LogP) is 4.82. The Morgan fingerprint density at radius 1 is 1.37 bits per heavy atom. The van der Waals surface area contributed by atoms with Crippen LogP contribution in [0, 0.1) is 5.82 Å². The Balaban J connectivity index is 2.07. The summed E-state index contributed by atoms with van der Waals surface area (Å²) in [6.07, 6.45) is 1.95. The topological polar surface area (TPSA) is 12.0 Å². The smallest absolute Gasteiger partial charge is 0.142 e. The monoisotopic (exact) mass is 297 g/mol. The van der Waals surface area contributed by atoms with Crippen molar-refractivity contribution in [2.24, 2.45) is 0 Å². The van der Waals surface area contributed by atoms with Gasteiger partial charge in [-0.05, 0) is 48.5 Å². The van der Waals surface area contributed by atoms with Crippen molar-refractivity contribution in [2.75, 3.05) is 6.54 Å². The van der Waals surface area contributed by atoms with Crippen molar-refractivity contribution in [1.29, 1.82) is 0 Å². The van der Waals surface area contributed by atoms with Crippen molar-refractivity contribution < 1.29 is 4.39 Å². The summed E-state index contributed by atoms with van der Waals surface area (Å²) in [7, 11) is 0. The molecule has 1 atom stereocenters. The van der Waals surface area contributed by atoms with Crippen molar-refractivity contribution in [3.8, 4) is 0 Å². The van der Waals surface area contributed by atoms with E-state index in [4.69, 9.17) is 11.6 Å². The third-order valence-electron chi connectivity index (χ3n) is 3.06. The second-order valence-electron chi connectivity index (χ2n) is 4.40. The molecule has 0 aliphatic rings. The van der Waals surface area contributed by atoms with Gasteiger partial charge in [0.1, 0.15) is 5.82 Å². The lowest BCUT2D eigenvalue weighted by Crippen LogP contribution is -2.21. The Kier molecular flexibility index (Phi) is 5.37. The lowest BCUT2D eigenvalue weighted by Gasteiger charge is -2.18. The number of rotatable bonds is 6. The van der Waals surface area contributed by atoms with Gasteiger partial charge in [-0.15, -0.1) is 11.3 Å². The summed E-state index contributed by atoms with van der Waals surface area (Å²) >= 11 is 7.49. The van der Waals surface area contributed by atoms with E-state index in [0.717, 1.165) is 24.9 Å². The van der Waals surface area contributed by atoms with Crippen LogP contribution in [-0.2, 0) is 6.42 Å². The molecular formula is C15H17ClFNS. The molecule has 1 heterocycles. The maximum Gasteiger partial charge on any atom is 0.142 e. The average Bonchev–Trinajstić information content (AvgIpc) is 2.91. The quantitative estimate of drug-likeness (QED) is 0.806. The Bertz CT molecular complexity index is 513. The highest BCUT2D eigenvalue weighted by atomic mass is 35.5. The maximum atomic E-state index is 13.5. The lowest BCUT2D eigenvalue weighted by molar-refractivity contribution is 0.512. The van der Waals surface area contributed by atoms with Crippen LogP contribution >= 0.6 is 22.9 Å². The Hall–Kier alpha value is -0.900. The Morgan fingerprint density at radius 2 is 2.21 bits per heavy atom. The number of nitrogens with one attached hydrogen (secondary N) is 1. The number of hydrogen-bond donors (Lipinski definition) is 1. The van der Waals surface area contributed by atoms with Crippen LogP contribution in [-0.4, -0.2) is 6.54 Å². The van der Waals surface area contributed by atoms with E-state index in [1.54, 1.807) is 17.4 Å². The lowest BCUT2D eigenvalue weighted by atomic mass is 10.0. The van der Waals surface area contributed by atoms with E-state index in [1.165, 1.54) is 10.9 Å². The Labute approximate surface area is 122 Å². The first-order chi connectivity index (χ1) is 9.20. The van der Waals surface area contributed by atoms with Crippen LogP contribution in [0.25, 0.3) is 0 Å². The van der Waals surface area contributed by atoms with Gasteiger partial charge in [-0.2, -0.15) is 0 Å². The van der Waals surface area contributed by atoms with Gasteiger partial charge in [0.15, 0.2) is 0 Å². The molecule has 4 heteroatoms. The molecule has 0 saturated carbocycles. The third-order valence-corrected chi connectivity index (χ3v) is 4.30. The van der Waals surface area contributed by atoms with Crippen LogP contribution in [0.1, 0.15) is 29.8 Å². The largest absolute Gasteiger partial charge is 0.310 e. The van der Waals surface area contributed by atoms with E-state index in [0.29, 0.717) is 0 Å². The van der Waals surface area contributed by atoms with E-state index in [2.05, 4.69) is 29.8 Å². The van der Waals surface area contributed by atoms with Gasteiger partial charge in [0.2, 0.25) is 0 Å². The molecule has 0 saturated heterocycles. The molecule has 19 heavy (non-hydrogen) atoms. The summed E-state index contributed by atoms with van der Waals surface area (Å²) in [5.74, 6) is -0.349. The minimum atomic E-state index is -0.349. The molecular weight excluding hydrogens is 281 g/mol. The summed E-state index contributed by atoms with van der Waals surface area (Å²) in [4.78, 5) is 1.36. The molecule has 1 aromatic carbocycles. The maximum absolute atomic E-state index is 13.5. The molecule has 1 unspecified atom stereocenters. The van der Waals surface area contributed by atoms with Crippen LogP contribution < -0.4 is 5.32 Å². The number of aryl methyl sites for hydroxylation is 1. The fourth-order valence-corrected chi connectivity index (χ4v) is 2.95. The highest BCUT2D eigenvalue weighted by Crippen LogP contribution is 2.24. The van der Waals surface area contributed by atoms with E-state index < -0.39 is 0 Å². The first-order valence-corrected chi connectivity index (χ1v) is 7.67. The van der Waals surface area contributed by atoms with Gasteiger partial charge in [0, 0.05) is 10.9 Å². The molecule has 1 N–H and O–H groups in total. The number of thiophene rings is 1. The molecule has 2 rings (SSSR count). The normalized spacial score (nSPS) is 12.6. The van der Waals surface area contributed by atoms with Crippen molar-refractivity contribution in [3.63, 3.8) is 0 Å². The Morgan fingerprint density at radius 3 is 2.84 bits per heavy atom. The highest BCUT2D eigenvalue weighted by molar-refractivity contribution is 7.09. The average molecular weight is 298 g/mol. The molecule has 1 aromatic heterocycles. The van der Waals surface area contributed by atoms with E-state index in [-0.39, 0.29) is 16.9 Å². The molecule has 2 aromatic rings. The number of hydrogen-bond acceptors (Lipinski definition) is 2. The standard InChI is InChI=1S/C15H17ClFNS/c1-2-18-15(8-6-12-4-3-9-19-12)11-5-7-13(16)14(17)10-11/h3-5,7,9-10,15,18H,2,6,8H2,1H3. The summed E-state index contributed by atoms with van der Waals surface area (Å²) in [6.45, 7) is 2.92. The molecule has 0 fully saturated rings.